The van der Waals surface area contributed by atoms with Crippen LogP contribution in [-0.4, -0.2) is 6.54 Å². The average molecular weight is 287 g/mol. The molecule has 0 radical (unpaired) electrons. The third-order valence-electron chi connectivity index (χ3n) is 3.35. The molecule has 0 aliphatic rings. The number of hydrogen-bond acceptors (Lipinski definition) is 2. The summed E-state index contributed by atoms with van der Waals surface area (Å²) in [5.74, 6) is 1.11. The number of hydrogen-bond donors (Lipinski definition) is 1. The molecule has 2 aromatic rings. The molecule has 1 N–H and O–H groups in total. The molecule has 0 fully saturated rings. The van der Waals surface area contributed by atoms with Crippen LogP contribution in [0.2, 0.25) is 0 Å². The van der Waals surface area contributed by atoms with Crippen LogP contribution in [0.1, 0.15) is 30.0 Å². The van der Waals surface area contributed by atoms with Gasteiger partial charge >= 0.3 is 0 Å². The van der Waals surface area contributed by atoms with Crippen molar-refractivity contribution < 1.29 is 9.13 Å². The van der Waals surface area contributed by atoms with E-state index in [0.717, 1.165) is 24.3 Å². The molecule has 0 aliphatic heterocycles. The Hall–Kier alpha value is -1.87. The second-order valence-corrected chi connectivity index (χ2v) is 5.26. The number of benzene rings is 2. The fourth-order valence-corrected chi connectivity index (χ4v) is 2.23. The molecule has 0 amide bonds. The summed E-state index contributed by atoms with van der Waals surface area (Å²) in [6, 6.07) is 10.9. The zero-order valence-corrected chi connectivity index (χ0v) is 12.9. The van der Waals surface area contributed by atoms with Crippen molar-refractivity contribution >= 4 is 0 Å². The van der Waals surface area contributed by atoms with Gasteiger partial charge in [-0.3, -0.25) is 0 Å². The highest BCUT2D eigenvalue weighted by Gasteiger charge is 2.11. The Morgan fingerprint density at radius 3 is 2.62 bits per heavy atom. The van der Waals surface area contributed by atoms with Gasteiger partial charge in [-0.15, -0.1) is 0 Å². The molecule has 0 aromatic heterocycles. The van der Waals surface area contributed by atoms with E-state index in [1.54, 1.807) is 6.07 Å². The van der Waals surface area contributed by atoms with Crippen LogP contribution in [0.3, 0.4) is 0 Å². The van der Waals surface area contributed by atoms with Crippen LogP contribution in [0, 0.1) is 19.7 Å². The lowest BCUT2D eigenvalue weighted by Crippen LogP contribution is -2.15. The maximum absolute atomic E-state index is 14.0. The number of rotatable bonds is 6. The molecular formula is C18H22FNO. The minimum atomic E-state index is -0.235. The van der Waals surface area contributed by atoms with Crippen molar-refractivity contribution in [2.75, 3.05) is 6.54 Å². The molecule has 0 saturated carbocycles. The number of ether oxygens (including phenoxy) is 1. The predicted molar refractivity (Wildman–Crippen MR) is 84.4 cm³/mol. The molecule has 2 nitrogen and oxygen atoms in total. The van der Waals surface area contributed by atoms with Gasteiger partial charge in [-0.05, 0) is 50.6 Å². The third-order valence-corrected chi connectivity index (χ3v) is 3.35. The first kappa shape index (κ1) is 15.5. The van der Waals surface area contributed by atoms with Crippen LogP contribution in [0.15, 0.2) is 36.4 Å². The number of nitrogens with one attached hydrogen (secondary N) is 1. The predicted octanol–water partition coefficient (Wildman–Crippen LogP) is 4.73. The van der Waals surface area contributed by atoms with Gasteiger partial charge in [0, 0.05) is 12.1 Å². The molecule has 0 aliphatic carbocycles. The van der Waals surface area contributed by atoms with Gasteiger partial charge in [0.25, 0.3) is 0 Å². The first-order valence-corrected chi connectivity index (χ1v) is 7.35. The van der Waals surface area contributed by atoms with Crippen molar-refractivity contribution in [1.82, 2.24) is 5.32 Å². The first-order valence-electron chi connectivity index (χ1n) is 7.35. The fourth-order valence-electron chi connectivity index (χ4n) is 2.23. The third kappa shape index (κ3) is 4.05. The molecule has 0 unspecified atom stereocenters. The molecule has 3 heteroatoms. The lowest BCUT2D eigenvalue weighted by atomic mass is 10.1. The second kappa shape index (κ2) is 7.23. The summed E-state index contributed by atoms with van der Waals surface area (Å²) in [6.45, 7) is 7.45. The van der Waals surface area contributed by atoms with E-state index in [-0.39, 0.29) is 5.82 Å². The quantitative estimate of drug-likeness (QED) is 0.775. The fraction of sp³-hybridized carbons (Fsp3) is 0.333. The van der Waals surface area contributed by atoms with Gasteiger partial charge < -0.3 is 10.1 Å². The summed E-state index contributed by atoms with van der Waals surface area (Å²) in [6.07, 6.45) is 1.02. The summed E-state index contributed by atoms with van der Waals surface area (Å²) in [7, 11) is 0. The van der Waals surface area contributed by atoms with E-state index in [9.17, 15) is 4.39 Å². The SMILES string of the molecule is CCCNCc1c(F)cccc1Oc1ccc(C)cc1C. The van der Waals surface area contributed by atoms with Crippen molar-refractivity contribution in [3.05, 3.63) is 58.9 Å². The normalized spacial score (nSPS) is 10.7. The maximum atomic E-state index is 14.0. The molecule has 0 bridgehead atoms. The van der Waals surface area contributed by atoms with Crippen LogP contribution >= 0.6 is 0 Å². The van der Waals surface area contributed by atoms with E-state index in [0.29, 0.717) is 17.9 Å². The van der Waals surface area contributed by atoms with Gasteiger partial charge in [-0.1, -0.05) is 30.7 Å². The Morgan fingerprint density at radius 2 is 1.90 bits per heavy atom. The standard InChI is InChI=1S/C18H22FNO/c1-4-10-20-12-15-16(19)6-5-7-18(15)21-17-9-8-13(2)11-14(17)3/h5-9,11,20H,4,10,12H2,1-3H3. The molecule has 0 saturated heterocycles. The molecule has 21 heavy (non-hydrogen) atoms. The topological polar surface area (TPSA) is 21.3 Å². The summed E-state index contributed by atoms with van der Waals surface area (Å²) in [5, 5.41) is 3.22. The van der Waals surface area contributed by atoms with E-state index in [2.05, 4.69) is 18.3 Å². The summed E-state index contributed by atoms with van der Waals surface area (Å²) in [5.41, 5.74) is 2.81. The van der Waals surface area contributed by atoms with Gasteiger partial charge in [0.05, 0.1) is 0 Å². The zero-order valence-electron chi connectivity index (χ0n) is 12.9. The monoisotopic (exact) mass is 287 g/mol. The maximum Gasteiger partial charge on any atom is 0.134 e. The van der Waals surface area contributed by atoms with Crippen molar-refractivity contribution in [2.24, 2.45) is 0 Å². The Balaban J connectivity index is 2.24. The number of halogens is 1. The minimum absolute atomic E-state index is 0.235. The first-order chi connectivity index (χ1) is 10.1. The van der Waals surface area contributed by atoms with Crippen LogP contribution < -0.4 is 10.1 Å². The van der Waals surface area contributed by atoms with Crippen molar-refractivity contribution in [3.63, 3.8) is 0 Å². The zero-order chi connectivity index (χ0) is 15.2. The van der Waals surface area contributed by atoms with E-state index >= 15 is 0 Å². The molecular weight excluding hydrogens is 265 g/mol. The van der Waals surface area contributed by atoms with Crippen LogP contribution in [0.25, 0.3) is 0 Å². The van der Waals surface area contributed by atoms with E-state index in [4.69, 9.17) is 4.74 Å². The average Bonchev–Trinajstić information content (AvgIpc) is 2.45. The molecule has 0 atom stereocenters. The largest absolute Gasteiger partial charge is 0.457 e. The molecule has 0 heterocycles. The summed E-state index contributed by atoms with van der Waals surface area (Å²) < 4.78 is 20.0. The lowest BCUT2D eigenvalue weighted by Gasteiger charge is -2.14. The van der Waals surface area contributed by atoms with E-state index in [1.165, 1.54) is 11.6 Å². The number of aryl methyl sites for hydroxylation is 2. The van der Waals surface area contributed by atoms with E-state index < -0.39 is 0 Å². The van der Waals surface area contributed by atoms with Crippen LogP contribution in [0.5, 0.6) is 11.5 Å². The van der Waals surface area contributed by atoms with E-state index in [1.807, 2.05) is 32.0 Å². The Labute approximate surface area is 126 Å². The highest BCUT2D eigenvalue weighted by molar-refractivity contribution is 5.42. The Morgan fingerprint density at radius 1 is 1.10 bits per heavy atom. The van der Waals surface area contributed by atoms with Crippen LogP contribution in [0.4, 0.5) is 4.39 Å². The lowest BCUT2D eigenvalue weighted by molar-refractivity contribution is 0.458. The minimum Gasteiger partial charge on any atom is -0.457 e. The van der Waals surface area contributed by atoms with Gasteiger partial charge in [-0.25, -0.2) is 4.39 Å². The van der Waals surface area contributed by atoms with Gasteiger partial charge in [0.1, 0.15) is 17.3 Å². The highest BCUT2D eigenvalue weighted by atomic mass is 19.1. The molecule has 2 aromatic carbocycles. The van der Waals surface area contributed by atoms with Crippen molar-refractivity contribution in [3.8, 4) is 11.5 Å². The van der Waals surface area contributed by atoms with Crippen LogP contribution in [-0.2, 0) is 6.54 Å². The van der Waals surface area contributed by atoms with Gasteiger partial charge in [0.15, 0.2) is 0 Å². The summed E-state index contributed by atoms with van der Waals surface area (Å²) in [4.78, 5) is 0. The summed E-state index contributed by atoms with van der Waals surface area (Å²) >= 11 is 0. The van der Waals surface area contributed by atoms with Crippen molar-refractivity contribution in [1.29, 1.82) is 0 Å². The molecule has 2 rings (SSSR count). The van der Waals surface area contributed by atoms with Crippen molar-refractivity contribution in [2.45, 2.75) is 33.7 Å². The Bertz CT molecular complexity index is 610. The molecule has 112 valence electrons. The van der Waals surface area contributed by atoms with Gasteiger partial charge in [0.2, 0.25) is 0 Å². The molecule has 0 spiro atoms. The highest BCUT2D eigenvalue weighted by Crippen LogP contribution is 2.29. The van der Waals surface area contributed by atoms with Gasteiger partial charge in [-0.2, -0.15) is 0 Å². The second-order valence-electron chi connectivity index (χ2n) is 5.26. The Kier molecular flexibility index (Phi) is 5.34. The smallest absolute Gasteiger partial charge is 0.134 e.